The predicted molar refractivity (Wildman–Crippen MR) is 159 cm³/mol. The van der Waals surface area contributed by atoms with Crippen LogP contribution in [0.25, 0.3) is 22.6 Å². The second-order valence-electron chi connectivity index (χ2n) is 9.76. The maximum absolute atomic E-state index is 12.6. The number of imidazole rings is 1. The number of benzene rings is 1. The maximum atomic E-state index is 12.6. The van der Waals surface area contributed by atoms with Crippen LogP contribution in [0, 0.1) is 0 Å². The van der Waals surface area contributed by atoms with Crippen LogP contribution in [-0.2, 0) is 28.4 Å². The normalized spacial score (nSPS) is 13.8. The number of carbonyl (C=O) groups is 1. The first-order chi connectivity index (χ1) is 20.7. The Morgan fingerprint density at radius 2 is 1.81 bits per heavy atom. The van der Waals surface area contributed by atoms with E-state index < -0.39 is 15.9 Å². The van der Waals surface area contributed by atoms with Crippen LogP contribution in [0.4, 0.5) is 11.8 Å². The van der Waals surface area contributed by atoms with Gasteiger partial charge in [-0.15, -0.1) is 11.6 Å². The van der Waals surface area contributed by atoms with Gasteiger partial charge in [-0.1, -0.05) is 0 Å². The SMILES string of the molecule is CN(Cc1nc2c(N3CCOCC3)nc(-c3ccc(S(=O)(=O)NCCCCl)cc3)nc2n1C)c1ncc(C(=O)NO)cn1. The van der Waals surface area contributed by atoms with Crippen LogP contribution in [0.1, 0.15) is 22.6 Å². The Kier molecular flexibility index (Phi) is 9.31. The first kappa shape index (κ1) is 30.5. The number of nitrogens with one attached hydrogen (secondary N) is 2. The van der Waals surface area contributed by atoms with Crippen LogP contribution in [-0.4, -0.2) is 94.8 Å². The number of carbonyl (C=O) groups excluding carboxylic acids is 1. The lowest BCUT2D eigenvalue weighted by atomic mass is 10.2. The van der Waals surface area contributed by atoms with Gasteiger partial charge in [0.2, 0.25) is 16.0 Å². The fourth-order valence-electron chi connectivity index (χ4n) is 4.48. The zero-order chi connectivity index (χ0) is 30.6. The molecule has 0 spiro atoms. The topological polar surface area (TPSA) is 181 Å². The smallest absolute Gasteiger partial charge is 0.277 e. The van der Waals surface area contributed by atoms with Crippen molar-refractivity contribution >= 4 is 50.5 Å². The number of anilines is 2. The molecule has 3 aromatic heterocycles. The van der Waals surface area contributed by atoms with E-state index in [0.717, 1.165) is 0 Å². The fraction of sp³-hybridized carbons (Fsp3) is 0.385. The van der Waals surface area contributed by atoms with E-state index in [0.29, 0.717) is 85.3 Å². The molecule has 4 aromatic rings. The number of nitrogens with zero attached hydrogens (tertiary/aromatic N) is 8. The van der Waals surface area contributed by atoms with Gasteiger partial charge in [0.05, 0.1) is 30.2 Å². The Hall–Kier alpha value is -3.96. The Labute approximate surface area is 252 Å². The van der Waals surface area contributed by atoms with Crippen LogP contribution < -0.4 is 20.0 Å². The van der Waals surface area contributed by atoms with E-state index in [-0.39, 0.29) is 17.0 Å². The number of hydrogen-bond acceptors (Lipinski definition) is 12. The molecule has 17 heteroatoms. The molecule has 1 aromatic carbocycles. The fourth-order valence-corrected chi connectivity index (χ4v) is 5.69. The van der Waals surface area contributed by atoms with Gasteiger partial charge in [-0.05, 0) is 30.7 Å². The highest BCUT2D eigenvalue weighted by Crippen LogP contribution is 2.29. The van der Waals surface area contributed by atoms with Crippen molar-refractivity contribution in [1.29, 1.82) is 0 Å². The molecule has 15 nitrogen and oxygen atoms in total. The van der Waals surface area contributed by atoms with Crippen molar-refractivity contribution in [2.24, 2.45) is 7.05 Å². The number of sulfonamides is 1. The minimum atomic E-state index is -3.67. The molecule has 0 unspecified atom stereocenters. The highest BCUT2D eigenvalue weighted by molar-refractivity contribution is 7.89. The van der Waals surface area contributed by atoms with Gasteiger partial charge in [0.25, 0.3) is 5.91 Å². The Morgan fingerprint density at radius 3 is 2.47 bits per heavy atom. The molecule has 1 fully saturated rings. The van der Waals surface area contributed by atoms with Crippen molar-refractivity contribution in [3.05, 3.63) is 48.0 Å². The van der Waals surface area contributed by atoms with E-state index in [1.54, 1.807) is 29.6 Å². The summed E-state index contributed by atoms with van der Waals surface area (Å²) >= 11 is 5.67. The van der Waals surface area contributed by atoms with Crippen molar-refractivity contribution in [2.75, 3.05) is 55.6 Å². The van der Waals surface area contributed by atoms with Gasteiger partial charge < -0.3 is 19.1 Å². The molecule has 0 aliphatic carbocycles. The van der Waals surface area contributed by atoms with E-state index in [4.69, 9.17) is 36.5 Å². The van der Waals surface area contributed by atoms with Crippen LogP contribution in [0.15, 0.2) is 41.6 Å². The molecule has 3 N–H and O–H groups in total. The number of amides is 1. The summed E-state index contributed by atoms with van der Waals surface area (Å²) in [6.07, 6.45) is 3.17. The quantitative estimate of drug-likeness (QED) is 0.0937. The van der Waals surface area contributed by atoms with Gasteiger partial charge in [0.15, 0.2) is 22.8 Å². The lowest BCUT2D eigenvalue weighted by Gasteiger charge is -2.28. The molecule has 0 atom stereocenters. The summed E-state index contributed by atoms with van der Waals surface area (Å²) in [7, 11) is -0.0194. The maximum Gasteiger partial charge on any atom is 0.277 e. The lowest BCUT2D eigenvalue weighted by molar-refractivity contribution is 0.0705. The Balaban J connectivity index is 1.48. The summed E-state index contributed by atoms with van der Waals surface area (Å²) in [5.41, 5.74) is 3.55. The first-order valence-electron chi connectivity index (χ1n) is 13.4. The summed E-state index contributed by atoms with van der Waals surface area (Å²) in [6, 6.07) is 6.42. The average molecular weight is 631 g/mol. The van der Waals surface area contributed by atoms with Gasteiger partial charge in [-0.25, -0.2) is 43.5 Å². The van der Waals surface area contributed by atoms with E-state index in [1.807, 2.05) is 11.6 Å². The third-order valence-corrected chi connectivity index (χ3v) is 8.60. The Morgan fingerprint density at radius 1 is 1.12 bits per heavy atom. The van der Waals surface area contributed by atoms with Gasteiger partial charge in [-0.2, -0.15) is 0 Å². The molecular formula is C26H31ClN10O5S. The number of halogens is 1. The number of rotatable bonds is 11. The number of ether oxygens (including phenoxy) is 1. The molecule has 5 rings (SSSR count). The zero-order valence-corrected chi connectivity index (χ0v) is 25.1. The summed E-state index contributed by atoms with van der Waals surface area (Å²) < 4.78 is 35.2. The van der Waals surface area contributed by atoms with Crippen molar-refractivity contribution in [3.8, 4) is 11.4 Å². The Bertz CT molecular complexity index is 1690. The average Bonchev–Trinajstić information content (AvgIpc) is 3.35. The van der Waals surface area contributed by atoms with E-state index in [2.05, 4.69) is 19.6 Å². The summed E-state index contributed by atoms with van der Waals surface area (Å²) in [6.45, 7) is 2.93. The zero-order valence-electron chi connectivity index (χ0n) is 23.6. The van der Waals surface area contributed by atoms with Crippen LogP contribution in [0.2, 0.25) is 0 Å². The van der Waals surface area contributed by atoms with Crippen molar-refractivity contribution < 1.29 is 23.2 Å². The molecule has 43 heavy (non-hydrogen) atoms. The number of alkyl halides is 1. The number of fused-ring (bicyclic) bond motifs is 1. The molecule has 1 aliphatic heterocycles. The van der Waals surface area contributed by atoms with Crippen molar-refractivity contribution in [2.45, 2.75) is 17.9 Å². The predicted octanol–water partition coefficient (Wildman–Crippen LogP) is 1.32. The van der Waals surface area contributed by atoms with Gasteiger partial charge in [0, 0.05) is 57.6 Å². The minimum Gasteiger partial charge on any atom is -0.378 e. The van der Waals surface area contributed by atoms with E-state index >= 15 is 0 Å². The monoisotopic (exact) mass is 630 g/mol. The highest BCUT2D eigenvalue weighted by atomic mass is 35.5. The van der Waals surface area contributed by atoms with Crippen molar-refractivity contribution in [3.63, 3.8) is 0 Å². The third-order valence-electron chi connectivity index (χ3n) is 6.85. The number of hydrogen-bond donors (Lipinski definition) is 3. The number of hydroxylamine groups is 1. The van der Waals surface area contributed by atoms with Gasteiger partial charge in [0.1, 0.15) is 5.82 Å². The number of aromatic nitrogens is 6. The number of aryl methyl sites for hydroxylation is 1. The lowest BCUT2D eigenvalue weighted by Crippen LogP contribution is -2.37. The first-order valence-corrected chi connectivity index (χ1v) is 15.4. The highest BCUT2D eigenvalue weighted by Gasteiger charge is 2.24. The minimum absolute atomic E-state index is 0.119. The molecule has 1 amide bonds. The second-order valence-corrected chi connectivity index (χ2v) is 11.9. The molecule has 0 radical (unpaired) electrons. The summed E-state index contributed by atoms with van der Waals surface area (Å²) in [4.78, 5) is 38.7. The van der Waals surface area contributed by atoms with Crippen LogP contribution in [0.5, 0.6) is 0 Å². The molecule has 0 saturated carbocycles. The second kappa shape index (κ2) is 13.1. The third kappa shape index (κ3) is 6.67. The molecule has 1 aliphatic rings. The van der Waals surface area contributed by atoms with Crippen molar-refractivity contribution in [1.82, 2.24) is 39.7 Å². The number of morpholine rings is 1. The largest absolute Gasteiger partial charge is 0.378 e. The summed E-state index contributed by atoms with van der Waals surface area (Å²) in [5, 5.41) is 8.82. The van der Waals surface area contributed by atoms with Gasteiger partial charge in [-0.3, -0.25) is 10.0 Å². The van der Waals surface area contributed by atoms with Crippen LogP contribution >= 0.6 is 11.6 Å². The standard InChI is InChI=1S/C26H31ClN10O5S/c1-35(26-28-14-18(15-29-26)25(38)34-39)16-20-31-21-23(36(20)2)32-22(33-24(21)37-10-12-42-13-11-37)17-4-6-19(7-5-17)43(40,41)30-9-3-8-27/h4-7,14-15,30,39H,3,8-13,16H2,1-2H3,(H,34,38). The summed E-state index contributed by atoms with van der Waals surface area (Å²) in [5.74, 6) is 1.77. The van der Waals surface area contributed by atoms with E-state index in [9.17, 15) is 13.2 Å². The molecule has 228 valence electrons. The molecule has 1 saturated heterocycles. The van der Waals surface area contributed by atoms with Gasteiger partial charge >= 0.3 is 0 Å². The molecule has 4 heterocycles. The van der Waals surface area contributed by atoms with E-state index in [1.165, 1.54) is 24.5 Å². The molecule has 0 bridgehead atoms. The van der Waals surface area contributed by atoms with Crippen LogP contribution in [0.3, 0.4) is 0 Å². The molecular weight excluding hydrogens is 600 g/mol.